The molecule has 0 radical (unpaired) electrons. The molecule has 1 aliphatic heterocycles. The Bertz CT molecular complexity index is 564. The number of ether oxygens (including phenoxy) is 1. The molecule has 0 spiro atoms. The molecule has 138 valence electrons. The molecule has 0 aliphatic carbocycles. The van der Waals surface area contributed by atoms with Crippen LogP contribution in [0.25, 0.3) is 0 Å². The highest BCUT2D eigenvalue weighted by Crippen LogP contribution is 2.18. The lowest BCUT2D eigenvalue weighted by Crippen LogP contribution is -2.44. The second-order valence-corrected chi connectivity index (χ2v) is 6.73. The van der Waals surface area contributed by atoms with Crippen molar-refractivity contribution in [2.75, 3.05) is 47.4 Å². The number of nitrogens with zero attached hydrogens (tertiary/aromatic N) is 2. The zero-order chi connectivity index (χ0) is 18.2. The van der Waals surface area contributed by atoms with Crippen LogP contribution < -0.4 is 10.1 Å². The van der Waals surface area contributed by atoms with Crippen molar-refractivity contribution >= 4 is 11.8 Å². The highest BCUT2D eigenvalue weighted by Gasteiger charge is 2.26. The molecule has 6 heteroatoms. The number of carbonyl (C=O) groups excluding carboxylic acids is 2. The zero-order valence-electron chi connectivity index (χ0n) is 15.5. The maximum Gasteiger partial charge on any atom is 0.234 e. The molecule has 1 saturated heterocycles. The Balaban J connectivity index is 1.65. The molecule has 0 atom stereocenters. The van der Waals surface area contributed by atoms with Crippen LogP contribution in [0.1, 0.15) is 18.4 Å². The van der Waals surface area contributed by atoms with E-state index in [0.717, 1.165) is 38.1 Å². The Labute approximate surface area is 150 Å². The number of carbonyl (C=O) groups is 2. The van der Waals surface area contributed by atoms with E-state index in [9.17, 15) is 9.59 Å². The monoisotopic (exact) mass is 347 g/mol. The van der Waals surface area contributed by atoms with Crippen LogP contribution in [0.2, 0.25) is 0 Å². The minimum absolute atomic E-state index is 0.0471. The first-order valence-corrected chi connectivity index (χ1v) is 8.82. The first kappa shape index (κ1) is 19.2. The molecule has 1 aromatic carbocycles. The lowest BCUT2D eigenvalue weighted by atomic mass is 9.95. The summed E-state index contributed by atoms with van der Waals surface area (Å²) in [5.74, 6) is 1.18. The molecular weight excluding hydrogens is 318 g/mol. The summed E-state index contributed by atoms with van der Waals surface area (Å²) >= 11 is 0. The lowest BCUT2D eigenvalue weighted by molar-refractivity contribution is -0.134. The molecule has 25 heavy (non-hydrogen) atoms. The fourth-order valence-corrected chi connectivity index (χ4v) is 3.10. The minimum Gasteiger partial charge on any atom is -0.497 e. The molecule has 0 saturated carbocycles. The molecular formula is C19H29N3O3. The van der Waals surface area contributed by atoms with Gasteiger partial charge in [0.15, 0.2) is 0 Å². The van der Waals surface area contributed by atoms with Crippen molar-refractivity contribution in [2.24, 2.45) is 5.92 Å². The first-order valence-electron chi connectivity index (χ1n) is 8.82. The van der Waals surface area contributed by atoms with Gasteiger partial charge in [-0.2, -0.15) is 0 Å². The Morgan fingerprint density at radius 3 is 2.40 bits per heavy atom. The maximum atomic E-state index is 12.1. The third-order valence-corrected chi connectivity index (χ3v) is 4.64. The summed E-state index contributed by atoms with van der Waals surface area (Å²) in [5, 5.41) is 2.97. The van der Waals surface area contributed by atoms with E-state index < -0.39 is 0 Å². The summed E-state index contributed by atoms with van der Waals surface area (Å²) in [6.45, 7) is 2.64. The summed E-state index contributed by atoms with van der Waals surface area (Å²) in [4.78, 5) is 27.8. The van der Waals surface area contributed by atoms with Crippen LogP contribution in [0, 0.1) is 5.92 Å². The third-order valence-electron chi connectivity index (χ3n) is 4.64. The Kier molecular flexibility index (Phi) is 7.25. The van der Waals surface area contributed by atoms with E-state index in [-0.39, 0.29) is 17.7 Å². The fourth-order valence-electron chi connectivity index (χ4n) is 3.10. The van der Waals surface area contributed by atoms with Crippen LogP contribution in [0.3, 0.4) is 0 Å². The van der Waals surface area contributed by atoms with E-state index in [4.69, 9.17) is 4.74 Å². The topological polar surface area (TPSA) is 61.9 Å². The maximum absolute atomic E-state index is 12.1. The van der Waals surface area contributed by atoms with E-state index in [1.54, 1.807) is 26.1 Å². The smallest absolute Gasteiger partial charge is 0.234 e. The Morgan fingerprint density at radius 1 is 1.20 bits per heavy atom. The van der Waals surface area contributed by atoms with Gasteiger partial charge in [-0.15, -0.1) is 0 Å². The molecule has 1 fully saturated rings. The van der Waals surface area contributed by atoms with Gasteiger partial charge in [-0.05, 0) is 50.0 Å². The van der Waals surface area contributed by atoms with E-state index in [0.29, 0.717) is 13.1 Å². The molecule has 2 amide bonds. The molecule has 1 heterocycles. The standard InChI is InChI=1S/C19H29N3O3/c1-21(2)19(24)16-9-12-22(13-10-16)14-18(23)20-11-8-15-4-6-17(25-3)7-5-15/h4-7,16H,8-14H2,1-3H3,(H,20,23). The number of likely N-dealkylation sites (tertiary alicyclic amines) is 1. The largest absolute Gasteiger partial charge is 0.497 e. The molecule has 1 aliphatic rings. The predicted octanol–water partition coefficient (Wildman–Crippen LogP) is 1.15. The number of hydrogen-bond donors (Lipinski definition) is 1. The van der Waals surface area contributed by atoms with E-state index >= 15 is 0 Å². The van der Waals surface area contributed by atoms with Gasteiger partial charge in [-0.3, -0.25) is 14.5 Å². The van der Waals surface area contributed by atoms with Crippen LogP contribution in [0.5, 0.6) is 5.75 Å². The van der Waals surface area contributed by atoms with Crippen molar-refractivity contribution in [2.45, 2.75) is 19.3 Å². The van der Waals surface area contributed by atoms with Gasteiger partial charge in [0.25, 0.3) is 0 Å². The quantitative estimate of drug-likeness (QED) is 0.804. The summed E-state index contributed by atoms with van der Waals surface area (Å²) < 4.78 is 5.13. The summed E-state index contributed by atoms with van der Waals surface area (Å²) in [6.07, 6.45) is 2.46. The van der Waals surface area contributed by atoms with Crippen LogP contribution in [-0.2, 0) is 16.0 Å². The molecule has 1 N–H and O–H groups in total. The average Bonchev–Trinajstić information content (AvgIpc) is 2.62. The SMILES string of the molecule is COc1ccc(CCNC(=O)CN2CCC(C(=O)N(C)C)CC2)cc1. The summed E-state index contributed by atoms with van der Waals surface area (Å²) in [7, 11) is 5.24. The zero-order valence-corrected chi connectivity index (χ0v) is 15.5. The van der Waals surface area contributed by atoms with Crippen LogP contribution >= 0.6 is 0 Å². The fraction of sp³-hybridized carbons (Fsp3) is 0.579. The number of nitrogens with one attached hydrogen (secondary N) is 1. The van der Waals surface area contributed by atoms with Gasteiger partial charge in [0.1, 0.15) is 5.75 Å². The minimum atomic E-state index is 0.0471. The molecule has 0 aromatic heterocycles. The van der Waals surface area contributed by atoms with Gasteiger partial charge in [-0.25, -0.2) is 0 Å². The van der Waals surface area contributed by atoms with E-state index in [1.165, 1.54) is 5.56 Å². The van der Waals surface area contributed by atoms with Crippen molar-refractivity contribution in [3.63, 3.8) is 0 Å². The summed E-state index contributed by atoms with van der Waals surface area (Å²) in [5.41, 5.74) is 1.17. The number of methoxy groups -OCH3 is 1. The van der Waals surface area contributed by atoms with Crippen molar-refractivity contribution in [3.05, 3.63) is 29.8 Å². The van der Waals surface area contributed by atoms with Crippen LogP contribution in [0.15, 0.2) is 24.3 Å². The molecule has 0 unspecified atom stereocenters. The van der Waals surface area contributed by atoms with Crippen molar-refractivity contribution in [3.8, 4) is 5.75 Å². The van der Waals surface area contributed by atoms with Crippen molar-refractivity contribution in [1.29, 1.82) is 0 Å². The average molecular weight is 347 g/mol. The number of piperidine rings is 1. The van der Waals surface area contributed by atoms with E-state index in [2.05, 4.69) is 10.2 Å². The van der Waals surface area contributed by atoms with Crippen LogP contribution in [-0.4, -0.2) is 69.0 Å². The highest BCUT2D eigenvalue weighted by atomic mass is 16.5. The van der Waals surface area contributed by atoms with Crippen molar-refractivity contribution < 1.29 is 14.3 Å². The third kappa shape index (κ3) is 6.05. The second kappa shape index (κ2) is 9.42. The lowest BCUT2D eigenvalue weighted by Gasteiger charge is -2.31. The van der Waals surface area contributed by atoms with Gasteiger partial charge in [-0.1, -0.05) is 12.1 Å². The number of amides is 2. The first-order chi connectivity index (χ1) is 12.0. The normalized spacial score (nSPS) is 15.6. The second-order valence-electron chi connectivity index (χ2n) is 6.73. The molecule has 0 bridgehead atoms. The highest BCUT2D eigenvalue weighted by molar-refractivity contribution is 5.79. The number of rotatable bonds is 7. The number of hydrogen-bond acceptors (Lipinski definition) is 4. The number of benzene rings is 1. The van der Waals surface area contributed by atoms with Gasteiger partial charge in [0.05, 0.1) is 13.7 Å². The molecule has 2 rings (SSSR count). The van der Waals surface area contributed by atoms with Gasteiger partial charge >= 0.3 is 0 Å². The van der Waals surface area contributed by atoms with E-state index in [1.807, 2.05) is 24.3 Å². The Hall–Kier alpha value is -2.08. The van der Waals surface area contributed by atoms with Crippen LogP contribution in [0.4, 0.5) is 0 Å². The van der Waals surface area contributed by atoms with Gasteiger partial charge < -0.3 is 15.0 Å². The molecule has 6 nitrogen and oxygen atoms in total. The molecule has 1 aromatic rings. The Morgan fingerprint density at radius 2 is 1.84 bits per heavy atom. The predicted molar refractivity (Wildman–Crippen MR) is 97.6 cm³/mol. The van der Waals surface area contributed by atoms with Gasteiger partial charge in [0, 0.05) is 26.6 Å². The van der Waals surface area contributed by atoms with Gasteiger partial charge in [0.2, 0.25) is 11.8 Å². The van der Waals surface area contributed by atoms with Crippen molar-refractivity contribution in [1.82, 2.24) is 15.1 Å². The summed E-state index contributed by atoms with van der Waals surface area (Å²) in [6, 6.07) is 7.88.